The highest BCUT2D eigenvalue weighted by molar-refractivity contribution is 5.76. The lowest BCUT2D eigenvalue weighted by Gasteiger charge is -2.24. The number of nitrogens with zero attached hydrogens (tertiary/aromatic N) is 1. The summed E-state index contributed by atoms with van der Waals surface area (Å²) in [6.07, 6.45) is 0.335. The third-order valence-corrected chi connectivity index (χ3v) is 2.71. The van der Waals surface area contributed by atoms with E-state index in [1.165, 1.54) is 12.0 Å². The van der Waals surface area contributed by atoms with E-state index in [0.29, 0.717) is 23.6 Å². The Bertz CT molecular complexity index is 522. The molecule has 1 amide bonds. The number of rotatable bonds is 6. The monoisotopic (exact) mass is 309 g/mol. The molecule has 6 heteroatoms. The van der Waals surface area contributed by atoms with Crippen LogP contribution in [0.15, 0.2) is 18.2 Å². The van der Waals surface area contributed by atoms with Gasteiger partial charge in [0.25, 0.3) is 0 Å². The van der Waals surface area contributed by atoms with Crippen LogP contribution in [-0.4, -0.2) is 50.2 Å². The molecule has 0 bridgehead atoms. The average Bonchev–Trinajstić information content (AvgIpc) is 2.45. The molecule has 0 radical (unpaired) electrons. The molecule has 1 aromatic rings. The molecule has 22 heavy (non-hydrogen) atoms. The molecule has 0 aliphatic rings. The molecule has 0 N–H and O–H groups in total. The van der Waals surface area contributed by atoms with E-state index < -0.39 is 11.7 Å². The average molecular weight is 309 g/mol. The maximum atomic E-state index is 11.8. The highest BCUT2D eigenvalue weighted by Gasteiger charge is 2.19. The molecule has 0 aromatic heterocycles. The number of aldehydes is 1. The van der Waals surface area contributed by atoms with Gasteiger partial charge >= 0.3 is 6.09 Å². The molecule has 0 unspecified atom stereocenters. The van der Waals surface area contributed by atoms with E-state index in [0.717, 1.165) is 6.29 Å². The summed E-state index contributed by atoms with van der Waals surface area (Å²) in [5, 5.41) is 0. The van der Waals surface area contributed by atoms with Gasteiger partial charge < -0.3 is 19.1 Å². The number of hydrogen-bond acceptors (Lipinski definition) is 5. The van der Waals surface area contributed by atoms with Crippen molar-refractivity contribution >= 4 is 12.4 Å². The van der Waals surface area contributed by atoms with Crippen molar-refractivity contribution in [3.8, 4) is 11.5 Å². The van der Waals surface area contributed by atoms with Crippen molar-refractivity contribution in [2.75, 3.05) is 27.3 Å². The summed E-state index contributed by atoms with van der Waals surface area (Å²) in [5.74, 6) is 0.996. The lowest BCUT2D eigenvalue weighted by Crippen LogP contribution is -2.36. The van der Waals surface area contributed by atoms with E-state index in [-0.39, 0.29) is 6.61 Å². The standard InChI is InChI=1S/C16H23NO5/c1-16(2,3)22-15(19)17(4)8-9-21-13-7-6-12(11-18)10-14(13)20-5/h6-7,10-11H,8-9H2,1-5H3. The van der Waals surface area contributed by atoms with Gasteiger partial charge in [-0.05, 0) is 39.0 Å². The van der Waals surface area contributed by atoms with Crippen LogP contribution in [0, 0.1) is 0 Å². The van der Waals surface area contributed by atoms with Gasteiger partial charge in [0, 0.05) is 12.6 Å². The summed E-state index contributed by atoms with van der Waals surface area (Å²) in [7, 11) is 3.15. The summed E-state index contributed by atoms with van der Waals surface area (Å²) in [6, 6.07) is 4.90. The van der Waals surface area contributed by atoms with Crippen molar-refractivity contribution < 1.29 is 23.8 Å². The highest BCUT2D eigenvalue weighted by Crippen LogP contribution is 2.27. The number of likely N-dealkylation sites (N-methyl/N-ethyl adjacent to an activating group) is 1. The molecule has 1 aromatic carbocycles. The maximum absolute atomic E-state index is 11.8. The van der Waals surface area contributed by atoms with Crippen molar-refractivity contribution in [2.24, 2.45) is 0 Å². The fraction of sp³-hybridized carbons (Fsp3) is 0.500. The van der Waals surface area contributed by atoms with Crippen molar-refractivity contribution in [1.82, 2.24) is 4.90 Å². The minimum atomic E-state index is -0.528. The van der Waals surface area contributed by atoms with E-state index >= 15 is 0 Å². The van der Waals surface area contributed by atoms with Crippen LogP contribution >= 0.6 is 0 Å². The van der Waals surface area contributed by atoms with Crippen LogP contribution < -0.4 is 9.47 Å². The zero-order chi connectivity index (χ0) is 16.8. The zero-order valence-corrected chi connectivity index (χ0v) is 13.7. The summed E-state index contributed by atoms with van der Waals surface area (Å²) < 4.78 is 16.0. The summed E-state index contributed by atoms with van der Waals surface area (Å²) in [6.45, 7) is 6.10. The van der Waals surface area contributed by atoms with Crippen LogP contribution in [0.2, 0.25) is 0 Å². The van der Waals surface area contributed by atoms with Crippen LogP contribution in [0.3, 0.4) is 0 Å². The first kappa shape index (κ1) is 17.8. The minimum Gasteiger partial charge on any atom is -0.493 e. The van der Waals surface area contributed by atoms with Crippen LogP contribution in [-0.2, 0) is 4.74 Å². The fourth-order valence-electron chi connectivity index (χ4n) is 1.60. The molecule has 0 heterocycles. The molecule has 122 valence electrons. The molecule has 0 saturated carbocycles. The summed E-state index contributed by atoms with van der Waals surface area (Å²) in [5.41, 5.74) is -0.0184. The minimum absolute atomic E-state index is 0.284. The molecule has 0 spiro atoms. The zero-order valence-electron chi connectivity index (χ0n) is 13.7. The first-order valence-electron chi connectivity index (χ1n) is 6.97. The number of amides is 1. The Kier molecular flexibility index (Phi) is 6.22. The molecule has 0 saturated heterocycles. The Hall–Kier alpha value is -2.24. The predicted octanol–water partition coefficient (Wildman–Crippen LogP) is 2.75. The topological polar surface area (TPSA) is 65.1 Å². The van der Waals surface area contributed by atoms with E-state index in [1.54, 1.807) is 25.2 Å². The Morgan fingerprint density at radius 1 is 1.27 bits per heavy atom. The van der Waals surface area contributed by atoms with Crippen LogP contribution in [0.5, 0.6) is 11.5 Å². The fourth-order valence-corrected chi connectivity index (χ4v) is 1.60. The summed E-state index contributed by atoms with van der Waals surface area (Å²) in [4.78, 5) is 24.0. The smallest absolute Gasteiger partial charge is 0.410 e. The third kappa shape index (κ3) is 5.63. The van der Waals surface area contributed by atoms with Gasteiger partial charge in [0.1, 0.15) is 18.5 Å². The maximum Gasteiger partial charge on any atom is 0.410 e. The van der Waals surface area contributed by atoms with Crippen LogP contribution in [0.1, 0.15) is 31.1 Å². The van der Waals surface area contributed by atoms with E-state index in [9.17, 15) is 9.59 Å². The quantitative estimate of drug-likeness (QED) is 0.756. The second-order valence-electron chi connectivity index (χ2n) is 5.78. The highest BCUT2D eigenvalue weighted by atomic mass is 16.6. The normalized spacial score (nSPS) is 10.8. The SMILES string of the molecule is COc1cc(C=O)ccc1OCCN(C)C(=O)OC(C)(C)C. The molecular formula is C16H23NO5. The Morgan fingerprint density at radius 3 is 2.50 bits per heavy atom. The predicted molar refractivity (Wildman–Crippen MR) is 82.7 cm³/mol. The van der Waals surface area contributed by atoms with Crippen LogP contribution in [0.4, 0.5) is 4.79 Å². The van der Waals surface area contributed by atoms with Gasteiger partial charge in [-0.1, -0.05) is 0 Å². The molecule has 0 fully saturated rings. The van der Waals surface area contributed by atoms with Crippen molar-refractivity contribution in [1.29, 1.82) is 0 Å². The Balaban J connectivity index is 2.53. The third-order valence-electron chi connectivity index (χ3n) is 2.71. The van der Waals surface area contributed by atoms with Gasteiger partial charge in [0.2, 0.25) is 0 Å². The lowest BCUT2D eigenvalue weighted by molar-refractivity contribution is 0.0278. The van der Waals surface area contributed by atoms with Crippen LogP contribution in [0.25, 0.3) is 0 Å². The Labute approximate surface area is 131 Å². The van der Waals surface area contributed by atoms with Crippen molar-refractivity contribution in [3.63, 3.8) is 0 Å². The largest absolute Gasteiger partial charge is 0.493 e. The van der Waals surface area contributed by atoms with Gasteiger partial charge in [0.05, 0.1) is 13.7 Å². The van der Waals surface area contributed by atoms with E-state index in [2.05, 4.69) is 0 Å². The second kappa shape index (κ2) is 7.68. The van der Waals surface area contributed by atoms with Gasteiger partial charge in [-0.3, -0.25) is 4.79 Å². The van der Waals surface area contributed by atoms with Gasteiger partial charge in [-0.25, -0.2) is 4.79 Å². The second-order valence-corrected chi connectivity index (χ2v) is 5.78. The lowest BCUT2D eigenvalue weighted by atomic mass is 10.2. The molecule has 0 aliphatic heterocycles. The van der Waals surface area contributed by atoms with Crippen molar-refractivity contribution in [3.05, 3.63) is 23.8 Å². The first-order chi connectivity index (χ1) is 10.3. The molecule has 0 atom stereocenters. The molecule has 0 aliphatic carbocycles. The number of methoxy groups -OCH3 is 1. The first-order valence-corrected chi connectivity index (χ1v) is 6.97. The van der Waals surface area contributed by atoms with E-state index in [4.69, 9.17) is 14.2 Å². The van der Waals surface area contributed by atoms with Gasteiger partial charge in [-0.2, -0.15) is 0 Å². The van der Waals surface area contributed by atoms with Gasteiger partial charge in [-0.15, -0.1) is 0 Å². The number of carbonyl (C=O) groups excluding carboxylic acids is 2. The van der Waals surface area contributed by atoms with E-state index in [1.807, 2.05) is 20.8 Å². The Morgan fingerprint density at radius 2 is 1.95 bits per heavy atom. The number of hydrogen-bond donors (Lipinski definition) is 0. The summed E-state index contributed by atoms with van der Waals surface area (Å²) >= 11 is 0. The number of ether oxygens (including phenoxy) is 3. The molecular weight excluding hydrogens is 286 g/mol. The molecule has 1 rings (SSSR count). The van der Waals surface area contributed by atoms with Crippen molar-refractivity contribution in [2.45, 2.75) is 26.4 Å². The number of carbonyl (C=O) groups is 2. The number of benzene rings is 1. The van der Waals surface area contributed by atoms with Gasteiger partial charge in [0.15, 0.2) is 11.5 Å². The molecule has 6 nitrogen and oxygen atoms in total.